The number of carbonyl (C=O) groups excluding carboxylic acids is 1. The van der Waals surface area contributed by atoms with E-state index >= 15 is 0 Å². The zero-order chi connectivity index (χ0) is 22.8. The van der Waals surface area contributed by atoms with Crippen LogP contribution in [0.25, 0.3) is 22.4 Å². The van der Waals surface area contributed by atoms with Crippen molar-refractivity contribution in [2.24, 2.45) is 0 Å². The first-order chi connectivity index (χ1) is 15.4. The molecule has 1 aromatic heterocycles. The molecule has 6 nitrogen and oxygen atoms in total. The number of H-pyrrole nitrogens is 1. The lowest BCUT2D eigenvalue weighted by Crippen LogP contribution is -2.10. The number of allylic oxidation sites excluding steroid dienone is 1. The molecule has 1 heterocycles. The van der Waals surface area contributed by atoms with Crippen molar-refractivity contribution in [3.8, 4) is 0 Å². The van der Waals surface area contributed by atoms with Crippen LogP contribution < -0.4 is 0 Å². The highest BCUT2D eigenvalue weighted by Gasteiger charge is 2.25. The topological polar surface area (TPSA) is 106 Å². The zero-order valence-corrected chi connectivity index (χ0v) is 16.6. The van der Waals surface area contributed by atoms with Gasteiger partial charge in [0.2, 0.25) is 5.78 Å². The molecule has 0 amide bonds. The first-order valence-corrected chi connectivity index (χ1v) is 9.66. The molecule has 1 atom stereocenters. The van der Waals surface area contributed by atoms with Crippen molar-refractivity contribution >= 4 is 28.1 Å². The van der Waals surface area contributed by atoms with Crippen LogP contribution in [-0.2, 0) is 0 Å². The maximum Gasteiger partial charge on any atom is 0.200 e. The van der Waals surface area contributed by atoms with Gasteiger partial charge in [0.1, 0.15) is 34.9 Å². The number of imidazole rings is 1. The van der Waals surface area contributed by atoms with Crippen LogP contribution in [0, 0.1) is 11.6 Å². The highest BCUT2D eigenvalue weighted by molar-refractivity contribution is 6.33. The van der Waals surface area contributed by atoms with E-state index in [1.807, 2.05) is 0 Å². The van der Waals surface area contributed by atoms with Gasteiger partial charge in [0.15, 0.2) is 0 Å². The first kappa shape index (κ1) is 21.4. The smallest absolute Gasteiger partial charge is 0.200 e. The molecule has 0 saturated carbocycles. The third-order valence-corrected chi connectivity index (χ3v) is 4.93. The fourth-order valence-corrected chi connectivity index (χ4v) is 3.37. The summed E-state index contributed by atoms with van der Waals surface area (Å²) >= 11 is 0. The Hall–Kier alpha value is -3.88. The molecule has 8 heteroatoms. The highest BCUT2D eigenvalue weighted by atomic mass is 19.1. The van der Waals surface area contributed by atoms with E-state index in [9.17, 15) is 28.9 Å². The van der Waals surface area contributed by atoms with Gasteiger partial charge in [-0.2, -0.15) is 0 Å². The van der Waals surface area contributed by atoms with Crippen LogP contribution in [0.3, 0.4) is 0 Å². The van der Waals surface area contributed by atoms with Crippen LogP contribution in [0.4, 0.5) is 8.78 Å². The largest absolute Gasteiger partial charge is 0.506 e. The molecule has 32 heavy (non-hydrogen) atoms. The summed E-state index contributed by atoms with van der Waals surface area (Å²) in [6, 6.07) is 15.3. The number of fused-ring (bicyclic) bond motifs is 1. The minimum absolute atomic E-state index is 0.00600. The van der Waals surface area contributed by atoms with E-state index < -0.39 is 35.9 Å². The molecule has 0 spiro atoms. The molecule has 4 aromatic rings. The van der Waals surface area contributed by atoms with E-state index in [-0.39, 0.29) is 22.5 Å². The fraction of sp³-hybridized carbons (Fsp3) is 0.0833. The third-order valence-electron chi connectivity index (χ3n) is 4.93. The van der Waals surface area contributed by atoms with Gasteiger partial charge >= 0.3 is 0 Å². The number of aromatic amines is 1. The van der Waals surface area contributed by atoms with Gasteiger partial charge in [-0.05, 0) is 35.9 Å². The molecule has 3 aromatic carbocycles. The summed E-state index contributed by atoms with van der Waals surface area (Å²) in [6.07, 6.45) is -1.20. The third kappa shape index (κ3) is 4.14. The minimum atomic E-state index is -1.20. The number of para-hydroxylation sites is 2. The Balaban J connectivity index is 1.92. The number of aliphatic hydroxyl groups is 3. The number of nitrogens with one attached hydrogen (secondary N) is 1. The molecule has 4 N–H and O–H groups in total. The van der Waals surface area contributed by atoms with E-state index in [1.54, 1.807) is 24.3 Å². The number of rotatable bonds is 6. The molecule has 0 aliphatic heterocycles. The highest BCUT2D eigenvalue weighted by Crippen LogP contribution is 2.29. The van der Waals surface area contributed by atoms with Crippen molar-refractivity contribution in [2.45, 2.75) is 6.10 Å². The summed E-state index contributed by atoms with van der Waals surface area (Å²) in [6.45, 7) is -0.544. The number of carbonyl (C=O) groups is 1. The number of aliphatic hydroxyl groups excluding tert-OH is 3. The van der Waals surface area contributed by atoms with Crippen LogP contribution in [0.1, 0.15) is 33.4 Å². The van der Waals surface area contributed by atoms with Gasteiger partial charge in [0.25, 0.3) is 0 Å². The van der Waals surface area contributed by atoms with Crippen molar-refractivity contribution in [1.29, 1.82) is 0 Å². The summed E-state index contributed by atoms with van der Waals surface area (Å²) in [5.41, 5.74) is 0.943. The average molecular weight is 436 g/mol. The number of hydrogen-bond acceptors (Lipinski definition) is 5. The van der Waals surface area contributed by atoms with E-state index in [1.165, 1.54) is 24.3 Å². The maximum atomic E-state index is 13.8. The predicted octanol–water partition coefficient (Wildman–Crippen LogP) is 4.18. The van der Waals surface area contributed by atoms with Crippen molar-refractivity contribution in [3.63, 3.8) is 0 Å². The summed E-state index contributed by atoms with van der Waals surface area (Å²) in [4.78, 5) is 20.8. The number of nitrogens with zero attached hydrogens (tertiary/aromatic N) is 1. The lowest BCUT2D eigenvalue weighted by molar-refractivity contribution is 0.0953. The number of Topliss-reactive ketones (excluding diaryl/α,β-unsaturated/α-hetero) is 1. The molecule has 0 saturated heterocycles. The lowest BCUT2D eigenvalue weighted by Gasteiger charge is -2.12. The second kappa shape index (κ2) is 8.70. The van der Waals surface area contributed by atoms with E-state index in [2.05, 4.69) is 9.97 Å². The monoisotopic (exact) mass is 436 g/mol. The Kier molecular flexibility index (Phi) is 5.81. The summed E-state index contributed by atoms with van der Waals surface area (Å²) in [5.74, 6) is -3.20. The van der Waals surface area contributed by atoms with Crippen LogP contribution in [0.2, 0.25) is 0 Å². The van der Waals surface area contributed by atoms with Crippen LogP contribution >= 0.6 is 0 Å². The lowest BCUT2D eigenvalue weighted by atomic mass is 9.96. The second-order valence-electron chi connectivity index (χ2n) is 7.14. The van der Waals surface area contributed by atoms with Crippen molar-refractivity contribution in [2.75, 3.05) is 6.61 Å². The molecule has 0 aliphatic carbocycles. The van der Waals surface area contributed by atoms with Gasteiger partial charge < -0.3 is 20.3 Å². The first-order valence-electron chi connectivity index (χ1n) is 9.66. The average Bonchev–Trinajstić information content (AvgIpc) is 3.21. The van der Waals surface area contributed by atoms with E-state index in [0.29, 0.717) is 22.7 Å². The Bertz CT molecular complexity index is 1290. The van der Waals surface area contributed by atoms with Crippen molar-refractivity contribution < 1.29 is 28.9 Å². The van der Waals surface area contributed by atoms with Gasteiger partial charge in [-0.3, -0.25) is 4.79 Å². The summed E-state index contributed by atoms with van der Waals surface area (Å²) in [7, 11) is 0. The quantitative estimate of drug-likeness (QED) is 0.206. The second-order valence-corrected chi connectivity index (χ2v) is 7.14. The van der Waals surface area contributed by atoms with Gasteiger partial charge in [-0.25, -0.2) is 13.8 Å². The molecule has 0 aliphatic rings. The van der Waals surface area contributed by atoms with Gasteiger partial charge in [0.05, 0.1) is 17.6 Å². The summed E-state index contributed by atoms with van der Waals surface area (Å²) in [5, 5.41) is 30.1. The molecular formula is C24H18F2N2O4. The number of ketones is 1. The molecule has 0 radical (unpaired) electrons. The Morgan fingerprint density at radius 2 is 1.69 bits per heavy atom. The minimum Gasteiger partial charge on any atom is -0.506 e. The number of hydrogen-bond donors (Lipinski definition) is 4. The maximum absolute atomic E-state index is 13.8. The van der Waals surface area contributed by atoms with Crippen molar-refractivity contribution in [1.82, 2.24) is 9.97 Å². The standard InChI is InChI=1S/C24H18F2N2O4/c25-16-9-15(10-17(26)11-16)23(32)21(24-27-18-6-1-2-7-19(18)28-24)22(31)14-5-3-4-13(8-14)20(30)12-29/h1-11,20,29-30,32H,12H2,(H,27,28)/b23-21-. The summed E-state index contributed by atoms with van der Waals surface area (Å²) < 4.78 is 27.6. The zero-order valence-electron chi connectivity index (χ0n) is 16.6. The van der Waals surface area contributed by atoms with Gasteiger partial charge in [-0.15, -0.1) is 0 Å². The normalized spacial score (nSPS) is 13.1. The Labute approximate surface area is 181 Å². The molecule has 162 valence electrons. The number of benzene rings is 3. The molecule has 1 unspecified atom stereocenters. The van der Waals surface area contributed by atoms with Crippen LogP contribution in [-0.4, -0.2) is 37.7 Å². The number of aromatic nitrogens is 2. The van der Waals surface area contributed by atoms with Crippen LogP contribution in [0.5, 0.6) is 0 Å². The Morgan fingerprint density at radius 1 is 0.969 bits per heavy atom. The van der Waals surface area contributed by atoms with Crippen LogP contribution in [0.15, 0.2) is 66.7 Å². The molecule has 0 bridgehead atoms. The molecule has 4 rings (SSSR count). The molecular weight excluding hydrogens is 418 g/mol. The SMILES string of the molecule is O=C(/C(=C(/O)c1cc(F)cc(F)c1)c1nc2ccccc2[nH]1)c1cccc(C(O)CO)c1. The van der Waals surface area contributed by atoms with E-state index in [0.717, 1.165) is 12.1 Å². The molecule has 0 fully saturated rings. The fourth-order valence-electron chi connectivity index (χ4n) is 3.37. The van der Waals surface area contributed by atoms with Gasteiger partial charge in [-0.1, -0.05) is 30.3 Å². The Morgan fingerprint density at radius 3 is 2.38 bits per heavy atom. The predicted molar refractivity (Wildman–Crippen MR) is 115 cm³/mol. The van der Waals surface area contributed by atoms with E-state index in [4.69, 9.17) is 0 Å². The van der Waals surface area contributed by atoms with Crippen molar-refractivity contribution in [3.05, 3.63) is 101 Å². The van der Waals surface area contributed by atoms with Gasteiger partial charge in [0, 0.05) is 17.2 Å². The number of halogens is 2.